The van der Waals surface area contributed by atoms with E-state index in [1.165, 1.54) is 38.5 Å². The number of ether oxygens (including phenoxy) is 1. The van der Waals surface area contributed by atoms with E-state index in [9.17, 15) is 4.79 Å². The molecule has 0 rings (SSSR count). The fourth-order valence-electron chi connectivity index (χ4n) is 2.71. The molecule has 0 saturated carbocycles. The van der Waals surface area contributed by atoms with E-state index in [1.807, 2.05) is 20.8 Å². The zero-order valence-electron chi connectivity index (χ0n) is 16.8. The van der Waals surface area contributed by atoms with Gasteiger partial charge >= 0.3 is 5.97 Å². The predicted octanol–water partition coefficient (Wildman–Crippen LogP) is 6.69. The smallest absolute Gasteiger partial charge is 0.316 e. The summed E-state index contributed by atoms with van der Waals surface area (Å²) in [7, 11) is 0. The summed E-state index contributed by atoms with van der Waals surface area (Å²) in [4.78, 5) is 12.6. The van der Waals surface area contributed by atoms with E-state index in [4.69, 9.17) is 4.74 Å². The molecule has 0 N–H and O–H groups in total. The molecule has 0 amide bonds. The molecule has 0 aromatic rings. The van der Waals surface area contributed by atoms with E-state index < -0.39 is 5.41 Å². The number of hydrogen-bond donors (Lipinski definition) is 0. The van der Waals surface area contributed by atoms with Crippen molar-refractivity contribution in [3.63, 3.8) is 0 Å². The molecule has 0 saturated heterocycles. The number of unbranched alkanes of at least 4 members (excludes halogenated alkanes) is 7. The molecule has 23 heavy (non-hydrogen) atoms. The molecule has 1 atom stereocenters. The van der Waals surface area contributed by atoms with Crippen LogP contribution in [0.15, 0.2) is 11.6 Å². The molecule has 0 aliphatic carbocycles. The van der Waals surface area contributed by atoms with E-state index in [0.29, 0.717) is 6.61 Å². The topological polar surface area (TPSA) is 26.3 Å². The Bertz CT molecular complexity index is 359. The summed E-state index contributed by atoms with van der Waals surface area (Å²) in [6.07, 6.45) is 12.1. The third kappa shape index (κ3) is 8.58. The van der Waals surface area contributed by atoms with Gasteiger partial charge in [-0.05, 0) is 32.6 Å². The van der Waals surface area contributed by atoms with Crippen LogP contribution in [0.3, 0.4) is 0 Å². The normalized spacial score (nSPS) is 14.2. The highest BCUT2D eigenvalue weighted by Gasteiger charge is 2.43. The lowest BCUT2D eigenvalue weighted by atomic mass is 9.67. The highest BCUT2D eigenvalue weighted by atomic mass is 16.5. The first-order valence-corrected chi connectivity index (χ1v) is 9.48. The third-order valence-electron chi connectivity index (χ3n) is 4.79. The van der Waals surface area contributed by atoms with Crippen LogP contribution in [-0.2, 0) is 9.53 Å². The third-order valence-corrected chi connectivity index (χ3v) is 4.79. The molecule has 0 spiro atoms. The maximum Gasteiger partial charge on any atom is 0.316 e. The fraction of sp³-hybridized carbons (Fsp3) is 0.857. The molecular formula is C21H40O2. The molecule has 2 nitrogen and oxygen atoms in total. The van der Waals surface area contributed by atoms with Crippen LogP contribution in [0.25, 0.3) is 0 Å². The van der Waals surface area contributed by atoms with Gasteiger partial charge in [0.1, 0.15) is 0 Å². The maximum atomic E-state index is 12.6. The molecule has 0 bridgehead atoms. The minimum Gasteiger partial charge on any atom is -0.465 e. The second kappa shape index (κ2) is 10.9. The quantitative estimate of drug-likeness (QED) is 0.240. The van der Waals surface area contributed by atoms with E-state index >= 15 is 0 Å². The Balaban J connectivity index is 4.14. The predicted molar refractivity (Wildman–Crippen MR) is 101 cm³/mol. The van der Waals surface area contributed by atoms with E-state index in [-0.39, 0.29) is 11.4 Å². The average molecular weight is 325 g/mol. The van der Waals surface area contributed by atoms with Crippen molar-refractivity contribution in [2.45, 2.75) is 99.8 Å². The summed E-state index contributed by atoms with van der Waals surface area (Å²) >= 11 is 0. The Hall–Kier alpha value is -0.790. The Morgan fingerprint density at radius 2 is 1.35 bits per heavy atom. The van der Waals surface area contributed by atoms with Crippen molar-refractivity contribution in [1.29, 1.82) is 0 Å². The molecule has 0 heterocycles. The van der Waals surface area contributed by atoms with Crippen LogP contribution in [0.2, 0.25) is 0 Å². The largest absolute Gasteiger partial charge is 0.465 e. The van der Waals surface area contributed by atoms with Gasteiger partial charge in [-0.15, -0.1) is 0 Å². The summed E-state index contributed by atoms with van der Waals surface area (Å²) in [6, 6.07) is 0. The van der Waals surface area contributed by atoms with Crippen molar-refractivity contribution in [2.75, 3.05) is 6.61 Å². The molecule has 0 fully saturated rings. The lowest BCUT2D eigenvalue weighted by molar-refractivity contribution is -0.157. The van der Waals surface area contributed by atoms with Crippen molar-refractivity contribution >= 4 is 5.97 Å². The lowest BCUT2D eigenvalue weighted by Crippen LogP contribution is -2.40. The number of allylic oxidation sites excluding steroid dienone is 1. The highest BCUT2D eigenvalue weighted by Crippen LogP contribution is 2.41. The van der Waals surface area contributed by atoms with Gasteiger partial charge in [0.05, 0.1) is 12.0 Å². The summed E-state index contributed by atoms with van der Waals surface area (Å²) in [5.41, 5.74) is 0.443. The Kier molecular flexibility index (Phi) is 10.5. The van der Waals surface area contributed by atoms with Crippen LogP contribution < -0.4 is 0 Å². The van der Waals surface area contributed by atoms with Crippen LogP contribution in [0.5, 0.6) is 0 Å². The van der Waals surface area contributed by atoms with Crippen LogP contribution >= 0.6 is 0 Å². The van der Waals surface area contributed by atoms with Crippen LogP contribution in [0.4, 0.5) is 0 Å². The van der Waals surface area contributed by atoms with E-state index in [1.54, 1.807) is 0 Å². The molecular weight excluding hydrogens is 284 g/mol. The molecule has 0 aromatic carbocycles. The average Bonchev–Trinajstić information content (AvgIpc) is 2.43. The second-order valence-electron chi connectivity index (χ2n) is 8.28. The molecule has 0 radical (unpaired) electrons. The summed E-state index contributed by atoms with van der Waals surface area (Å²) in [5, 5.41) is 0. The first kappa shape index (κ1) is 22.2. The van der Waals surface area contributed by atoms with Crippen molar-refractivity contribution < 1.29 is 9.53 Å². The van der Waals surface area contributed by atoms with Gasteiger partial charge in [-0.1, -0.05) is 84.3 Å². The summed E-state index contributed by atoms with van der Waals surface area (Å²) in [6.45, 7) is 15.2. The number of esters is 1. The monoisotopic (exact) mass is 324 g/mol. The first-order chi connectivity index (χ1) is 10.6. The van der Waals surface area contributed by atoms with E-state index in [0.717, 1.165) is 18.4 Å². The number of carbonyl (C=O) groups is 1. The Morgan fingerprint density at radius 3 is 1.78 bits per heavy atom. The van der Waals surface area contributed by atoms with Crippen molar-refractivity contribution in [3.05, 3.63) is 11.6 Å². The number of carbonyl (C=O) groups excluding carboxylic acids is 1. The molecule has 0 aromatic heterocycles. The van der Waals surface area contributed by atoms with Gasteiger partial charge in [-0.3, -0.25) is 4.79 Å². The molecule has 1 unspecified atom stereocenters. The maximum absolute atomic E-state index is 12.6. The first-order valence-electron chi connectivity index (χ1n) is 9.48. The zero-order valence-corrected chi connectivity index (χ0v) is 16.8. The van der Waals surface area contributed by atoms with Crippen molar-refractivity contribution in [3.8, 4) is 0 Å². The molecule has 2 heteroatoms. The van der Waals surface area contributed by atoms with Gasteiger partial charge in [0.2, 0.25) is 0 Å². The van der Waals surface area contributed by atoms with Crippen LogP contribution in [0.1, 0.15) is 99.8 Å². The Labute approximate surface area is 145 Å². The summed E-state index contributed by atoms with van der Waals surface area (Å²) in [5.74, 6) is -0.0888. The minimum atomic E-state index is -0.564. The van der Waals surface area contributed by atoms with Gasteiger partial charge in [0, 0.05) is 0 Å². The van der Waals surface area contributed by atoms with Crippen molar-refractivity contribution in [1.82, 2.24) is 0 Å². The van der Waals surface area contributed by atoms with Gasteiger partial charge in [-0.2, -0.15) is 0 Å². The molecule has 0 aliphatic heterocycles. The lowest BCUT2D eigenvalue weighted by Gasteiger charge is -2.37. The molecule has 136 valence electrons. The standard InChI is InChI=1S/C21H40O2/c1-8-9-10-11-12-13-14-15-16-23-19(22)21(7,17-18(2)3)20(4,5)6/h17H,8-16H2,1-7H3. The zero-order chi connectivity index (χ0) is 17.9. The van der Waals surface area contributed by atoms with Crippen LogP contribution in [0, 0.1) is 10.8 Å². The SMILES string of the molecule is CCCCCCCCCCOC(=O)C(C)(C=C(C)C)C(C)(C)C. The van der Waals surface area contributed by atoms with Gasteiger partial charge in [0.15, 0.2) is 0 Å². The molecule has 0 aliphatic rings. The van der Waals surface area contributed by atoms with Crippen LogP contribution in [-0.4, -0.2) is 12.6 Å². The highest BCUT2D eigenvalue weighted by molar-refractivity contribution is 5.79. The van der Waals surface area contributed by atoms with Crippen molar-refractivity contribution in [2.24, 2.45) is 10.8 Å². The van der Waals surface area contributed by atoms with E-state index in [2.05, 4.69) is 33.8 Å². The minimum absolute atomic E-state index is 0.0888. The van der Waals surface area contributed by atoms with Gasteiger partial charge in [0.25, 0.3) is 0 Å². The van der Waals surface area contributed by atoms with Gasteiger partial charge < -0.3 is 4.74 Å². The fourth-order valence-corrected chi connectivity index (χ4v) is 2.71. The second-order valence-corrected chi connectivity index (χ2v) is 8.28. The van der Waals surface area contributed by atoms with Gasteiger partial charge in [-0.25, -0.2) is 0 Å². The number of rotatable bonds is 11. The number of hydrogen-bond acceptors (Lipinski definition) is 2. The Morgan fingerprint density at radius 1 is 0.870 bits per heavy atom. The summed E-state index contributed by atoms with van der Waals surface area (Å²) < 4.78 is 5.60.